The molecule has 0 fully saturated rings. The predicted octanol–water partition coefficient (Wildman–Crippen LogP) is 3.30. The maximum absolute atomic E-state index is 13.0. The van der Waals surface area contributed by atoms with Crippen LogP contribution in [0.3, 0.4) is 0 Å². The van der Waals surface area contributed by atoms with Gasteiger partial charge in [-0.2, -0.15) is 0 Å². The molecular formula is C13H18FNO2. The molecule has 0 unspecified atom stereocenters. The average Bonchev–Trinajstić information content (AvgIpc) is 2.20. The summed E-state index contributed by atoms with van der Waals surface area (Å²) in [6.07, 6.45) is 1.16. The van der Waals surface area contributed by atoms with Crippen LogP contribution in [0.2, 0.25) is 0 Å². The molecule has 0 spiro atoms. The van der Waals surface area contributed by atoms with Crippen LogP contribution in [-0.2, 0) is 4.79 Å². The third-order valence-corrected chi connectivity index (χ3v) is 2.33. The van der Waals surface area contributed by atoms with E-state index in [4.69, 9.17) is 5.11 Å². The molecular weight excluding hydrogens is 221 g/mol. The Morgan fingerprint density at radius 3 is 2.59 bits per heavy atom. The Labute approximate surface area is 101 Å². The zero-order valence-corrected chi connectivity index (χ0v) is 10.4. The lowest BCUT2D eigenvalue weighted by Gasteiger charge is -2.17. The largest absolute Gasteiger partial charge is 0.505 e. The standard InChI is InChI=1S/C13H18FNO2/c1-13(2,3)7-6-12(17)15-9-4-5-11(16)10(14)8-9/h4-5,8,16H,6-7H2,1-3H3,(H,15,17). The highest BCUT2D eigenvalue weighted by molar-refractivity contribution is 5.90. The molecule has 1 aromatic carbocycles. The maximum atomic E-state index is 13.0. The third kappa shape index (κ3) is 4.85. The van der Waals surface area contributed by atoms with Gasteiger partial charge in [-0.1, -0.05) is 20.8 Å². The highest BCUT2D eigenvalue weighted by Gasteiger charge is 2.13. The average molecular weight is 239 g/mol. The highest BCUT2D eigenvalue weighted by atomic mass is 19.1. The Morgan fingerprint density at radius 1 is 1.41 bits per heavy atom. The van der Waals surface area contributed by atoms with Gasteiger partial charge in [0, 0.05) is 18.2 Å². The summed E-state index contributed by atoms with van der Waals surface area (Å²) in [4.78, 5) is 11.6. The van der Waals surface area contributed by atoms with Gasteiger partial charge in [-0.3, -0.25) is 4.79 Å². The number of anilines is 1. The number of halogens is 1. The van der Waals surface area contributed by atoms with Crippen LogP contribution < -0.4 is 5.32 Å². The molecule has 0 saturated carbocycles. The minimum atomic E-state index is -0.737. The minimum absolute atomic E-state index is 0.0948. The molecule has 0 aliphatic heterocycles. The number of phenolic OH excluding ortho intramolecular Hbond substituents is 1. The zero-order chi connectivity index (χ0) is 13.1. The van der Waals surface area contributed by atoms with Gasteiger partial charge >= 0.3 is 0 Å². The van der Waals surface area contributed by atoms with Crippen LogP contribution in [-0.4, -0.2) is 11.0 Å². The fourth-order valence-corrected chi connectivity index (χ4v) is 1.30. The van der Waals surface area contributed by atoms with Gasteiger partial charge in [0.15, 0.2) is 11.6 Å². The molecule has 0 heterocycles. The van der Waals surface area contributed by atoms with Gasteiger partial charge in [0.25, 0.3) is 0 Å². The Balaban J connectivity index is 2.54. The Hall–Kier alpha value is -1.58. The van der Waals surface area contributed by atoms with E-state index in [9.17, 15) is 9.18 Å². The molecule has 0 bridgehead atoms. The lowest BCUT2D eigenvalue weighted by Crippen LogP contribution is -2.15. The topological polar surface area (TPSA) is 49.3 Å². The fourth-order valence-electron chi connectivity index (χ4n) is 1.30. The fraction of sp³-hybridized carbons (Fsp3) is 0.462. The van der Waals surface area contributed by atoms with E-state index in [0.717, 1.165) is 12.5 Å². The summed E-state index contributed by atoms with van der Waals surface area (Å²) < 4.78 is 13.0. The van der Waals surface area contributed by atoms with Crippen molar-refractivity contribution < 1.29 is 14.3 Å². The minimum Gasteiger partial charge on any atom is -0.505 e. The molecule has 1 aromatic rings. The Morgan fingerprint density at radius 2 is 2.06 bits per heavy atom. The lowest BCUT2D eigenvalue weighted by molar-refractivity contribution is -0.116. The third-order valence-electron chi connectivity index (χ3n) is 2.33. The van der Waals surface area contributed by atoms with Crippen molar-refractivity contribution in [3.05, 3.63) is 24.0 Å². The summed E-state index contributed by atoms with van der Waals surface area (Å²) in [5.74, 6) is -1.30. The van der Waals surface area contributed by atoms with Crippen molar-refractivity contribution in [2.24, 2.45) is 5.41 Å². The van der Waals surface area contributed by atoms with Crippen LogP contribution in [0.25, 0.3) is 0 Å². The number of phenols is 1. The molecule has 0 radical (unpaired) electrons. The van der Waals surface area contributed by atoms with Gasteiger partial charge in [-0.25, -0.2) is 4.39 Å². The first kappa shape index (κ1) is 13.5. The number of hydrogen-bond acceptors (Lipinski definition) is 2. The predicted molar refractivity (Wildman–Crippen MR) is 65.4 cm³/mol. The van der Waals surface area contributed by atoms with Crippen LogP contribution >= 0.6 is 0 Å². The van der Waals surface area contributed by atoms with Crippen LogP contribution in [0, 0.1) is 11.2 Å². The first-order valence-corrected chi connectivity index (χ1v) is 5.56. The summed E-state index contributed by atoms with van der Waals surface area (Å²) in [6, 6.07) is 3.78. The number of benzene rings is 1. The van der Waals surface area contributed by atoms with Gasteiger partial charge in [0.2, 0.25) is 5.91 Å². The summed E-state index contributed by atoms with van der Waals surface area (Å²) in [5, 5.41) is 11.6. The van der Waals surface area contributed by atoms with Crippen LogP contribution in [0.15, 0.2) is 18.2 Å². The second-order valence-electron chi connectivity index (χ2n) is 5.28. The first-order valence-electron chi connectivity index (χ1n) is 5.56. The maximum Gasteiger partial charge on any atom is 0.224 e. The Kier molecular flexibility index (Phi) is 4.10. The van der Waals surface area contributed by atoms with Crippen molar-refractivity contribution in [3.8, 4) is 5.75 Å². The summed E-state index contributed by atoms with van der Waals surface area (Å²) >= 11 is 0. The second-order valence-corrected chi connectivity index (χ2v) is 5.28. The van der Waals surface area contributed by atoms with Crippen molar-refractivity contribution in [2.75, 3.05) is 5.32 Å². The second kappa shape index (κ2) is 5.17. The van der Waals surface area contributed by atoms with Crippen LogP contribution in [0.1, 0.15) is 33.6 Å². The van der Waals surface area contributed by atoms with E-state index < -0.39 is 11.6 Å². The molecule has 3 nitrogen and oxygen atoms in total. The molecule has 94 valence electrons. The number of carbonyl (C=O) groups is 1. The molecule has 1 amide bonds. The number of rotatable bonds is 3. The number of hydrogen-bond donors (Lipinski definition) is 2. The molecule has 17 heavy (non-hydrogen) atoms. The van der Waals surface area contributed by atoms with Crippen LogP contribution in [0.4, 0.5) is 10.1 Å². The van der Waals surface area contributed by atoms with Crippen molar-refractivity contribution in [1.82, 2.24) is 0 Å². The smallest absolute Gasteiger partial charge is 0.224 e. The van der Waals surface area contributed by atoms with E-state index in [1.807, 2.05) is 0 Å². The van der Waals surface area contributed by atoms with E-state index >= 15 is 0 Å². The summed E-state index contributed by atoms with van der Waals surface area (Å²) in [7, 11) is 0. The molecule has 1 rings (SSSR count). The number of amides is 1. The monoisotopic (exact) mass is 239 g/mol. The summed E-state index contributed by atoms with van der Waals surface area (Å²) in [5.41, 5.74) is 0.455. The van der Waals surface area contributed by atoms with E-state index in [0.29, 0.717) is 12.1 Å². The SMILES string of the molecule is CC(C)(C)CCC(=O)Nc1ccc(O)c(F)c1. The molecule has 0 aliphatic carbocycles. The summed E-state index contributed by atoms with van der Waals surface area (Å²) in [6.45, 7) is 6.17. The van der Waals surface area contributed by atoms with Crippen LogP contribution in [0.5, 0.6) is 5.75 Å². The number of nitrogens with one attached hydrogen (secondary N) is 1. The quantitative estimate of drug-likeness (QED) is 0.795. The lowest BCUT2D eigenvalue weighted by atomic mass is 9.90. The molecule has 4 heteroatoms. The van der Waals surface area contributed by atoms with Crippen molar-refractivity contribution in [3.63, 3.8) is 0 Å². The first-order chi connectivity index (χ1) is 7.78. The highest BCUT2D eigenvalue weighted by Crippen LogP contribution is 2.22. The molecule has 0 aromatic heterocycles. The molecule has 0 saturated heterocycles. The van der Waals surface area contributed by atoms with E-state index in [1.165, 1.54) is 12.1 Å². The molecule has 2 N–H and O–H groups in total. The zero-order valence-electron chi connectivity index (χ0n) is 10.4. The van der Waals surface area contributed by atoms with Gasteiger partial charge in [0.05, 0.1) is 0 Å². The number of carbonyl (C=O) groups excluding carboxylic acids is 1. The van der Waals surface area contributed by atoms with Gasteiger partial charge in [-0.05, 0) is 24.0 Å². The van der Waals surface area contributed by atoms with Crippen molar-refractivity contribution in [1.29, 1.82) is 0 Å². The van der Waals surface area contributed by atoms with Gasteiger partial charge in [0.1, 0.15) is 0 Å². The van der Waals surface area contributed by atoms with Gasteiger partial charge < -0.3 is 10.4 Å². The Bertz CT molecular complexity index is 410. The molecule has 0 aliphatic rings. The van der Waals surface area contributed by atoms with Gasteiger partial charge in [-0.15, -0.1) is 0 Å². The van der Waals surface area contributed by atoms with Crippen molar-refractivity contribution >= 4 is 11.6 Å². The van der Waals surface area contributed by atoms with E-state index in [2.05, 4.69) is 26.1 Å². The van der Waals surface area contributed by atoms with Crippen molar-refractivity contribution in [2.45, 2.75) is 33.6 Å². The molecule has 0 atom stereocenters. The number of aromatic hydroxyl groups is 1. The van der Waals surface area contributed by atoms with E-state index in [1.54, 1.807) is 0 Å². The van der Waals surface area contributed by atoms with E-state index in [-0.39, 0.29) is 11.3 Å². The normalized spacial score (nSPS) is 11.3.